The number of rotatable bonds is 1. The maximum absolute atomic E-state index is 4.99. The lowest BCUT2D eigenvalue weighted by Gasteiger charge is -2.20. The minimum atomic E-state index is 0.625. The van der Waals surface area contributed by atoms with Crippen molar-refractivity contribution in [3.05, 3.63) is 36.3 Å². The van der Waals surface area contributed by atoms with Crippen LogP contribution in [-0.2, 0) is 7.05 Å². The fourth-order valence-corrected chi connectivity index (χ4v) is 3.52. The lowest BCUT2D eigenvalue weighted by molar-refractivity contribution is 0.423. The molecule has 2 aromatic heterocycles. The molecule has 1 fully saturated rings. The molecule has 4 rings (SSSR count). The number of aromatic nitrogens is 3. The van der Waals surface area contributed by atoms with Crippen LogP contribution >= 0.6 is 0 Å². The zero-order valence-corrected chi connectivity index (χ0v) is 11.8. The van der Waals surface area contributed by atoms with Crippen molar-refractivity contribution in [3.8, 4) is 0 Å². The largest absolute Gasteiger partial charge is 0.330 e. The van der Waals surface area contributed by atoms with Gasteiger partial charge in [0.05, 0.1) is 22.7 Å². The Balaban J connectivity index is 1.94. The first-order chi connectivity index (χ1) is 9.84. The Kier molecular flexibility index (Phi) is 2.72. The van der Waals surface area contributed by atoms with Crippen LogP contribution in [0.25, 0.3) is 21.9 Å². The van der Waals surface area contributed by atoms with Gasteiger partial charge in [0.1, 0.15) is 5.82 Å². The highest BCUT2D eigenvalue weighted by Gasteiger charge is 2.21. The number of para-hydroxylation sites is 1. The van der Waals surface area contributed by atoms with E-state index in [1.54, 1.807) is 0 Å². The van der Waals surface area contributed by atoms with Crippen LogP contribution in [0.2, 0.25) is 0 Å². The normalized spacial score (nSPS) is 17.1. The quantitative estimate of drug-likeness (QED) is 0.661. The molecule has 0 radical (unpaired) electrons. The van der Waals surface area contributed by atoms with Crippen LogP contribution in [0.4, 0.5) is 0 Å². The summed E-state index contributed by atoms with van der Waals surface area (Å²) in [4.78, 5) is 9.55. The first-order valence-electron chi connectivity index (χ1n) is 7.54. The van der Waals surface area contributed by atoms with Crippen LogP contribution in [0.3, 0.4) is 0 Å². The van der Waals surface area contributed by atoms with Gasteiger partial charge in [0.15, 0.2) is 0 Å². The highest BCUT2D eigenvalue weighted by molar-refractivity contribution is 6.01. The van der Waals surface area contributed by atoms with Gasteiger partial charge in [-0.1, -0.05) is 37.5 Å². The van der Waals surface area contributed by atoms with E-state index in [2.05, 4.69) is 34.8 Å². The molecule has 20 heavy (non-hydrogen) atoms. The smallest absolute Gasteiger partial charge is 0.112 e. The molecule has 3 nitrogen and oxygen atoms in total. The molecular weight excluding hydrogens is 246 g/mol. The molecule has 102 valence electrons. The van der Waals surface area contributed by atoms with E-state index in [-0.39, 0.29) is 0 Å². The number of hydrogen-bond acceptors (Lipinski definition) is 2. The Bertz CT molecular complexity index is 766. The standard InChI is InChI=1S/C17H19N3/c1-20-15-11-18-14-10-6-5-9-13(14)16(15)19-17(20)12-7-3-2-4-8-12/h5-6,9-12H,2-4,7-8H2,1H3. The molecule has 0 saturated heterocycles. The summed E-state index contributed by atoms with van der Waals surface area (Å²) in [5.74, 6) is 1.87. The Morgan fingerprint density at radius 2 is 1.90 bits per heavy atom. The molecule has 0 bridgehead atoms. The minimum Gasteiger partial charge on any atom is -0.330 e. The minimum absolute atomic E-state index is 0.625. The van der Waals surface area contributed by atoms with E-state index in [4.69, 9.17) is 4.98 Å². The van der Waals surface area contributed by atoms with E-state index in [0.29, 0.717) is 5.92 Å². The Morgan fingerprint density at radius 1 is 1.10 bits per heavy atom. The summed E-state index contributed by atoms with van der Waals surface area (Å²) in [6.07, 6.45) is 8.59. The first-order valence-corrected chi connectivity index (χ1v) is 7.54. The molecule has 1 aromatic carbocycles. The summed E-state index contributed by atoms with van der Waals surface area (Å²) in [6, 6.07) is 8.29. The number of fused-ring (bicyclic) bond motifs is 3. The Morgan fingerprint density at radius 3 is 2.75 bits per heavy atom. The molecule has 0 spiro atoms. The molecule has 1 aliphatic carbocycles. The number of benzene rings is 1. The van der Waals surface area contributed by atoms with Crippen LogP contribution in [-0.4, -0.2) is 14.5 Å². The zero-order valence-electron chi connectivity index (χ0n) is 11.8. The van der Waals surface area contributed by atoms with Crippen molar-refractivity contribution < 1.29 is 0 Å². The van der Waals surface area contributed by atoms with Crippen LogP contribution in [0, 0.1) is 0 Å². The number of pyridine rings is 1. The topological polar surface area (TPSA) is 30.7 Å². The molecule has 0 amide bonds. The fourth-order valence-electron chi connectivity index (χ4n) is 3.52. The molecule has 1 aliphatic rings. The third-order valence-corrected chi connectivity index (χ3v) is 4.63. The van der Waals surface area contributed by atoms with E-state index in [1.807, 2.05) is 12.3 Å². The van der Waals surface area contributed by atoms with Gasteiger partial charge >= 0.3 is 0 Å². The highest BCUT2D eigenvalue weighted by Crippen LogP contribution is 2.34. The van der Waals surface area contributed by atoms with Crippen molar-refractivity contribution >= 4 is 21.9 Å². The van der Waals surface area contributed by atoms with Crippen LogP contribution in [0.5, 0.6) is 0 Å². The van der Waals surface area contributed by atoms with E-state index in [0.717, 1.165) is 16.6 Å². The monoisotopic (exact) mass is 265 g/mol. The van der Waals surface area contributed by atoms with E-state index < -0.39 is 0 Å². The predicted octanol–water partition coefficient (Wildman–Crippen LogP) is 4.17. The second-order valence-corrected chi connectivity index (χ2v) is 5.87. The average molecular weight is 265 g/mol. The average Bonchev–Trinajstić information content (AvgIpc) is 2.86. The molecule has 0 unspecified atom stereocenters. The van der Waals surface area contributed by atoms with Crippen molar-refractivity contribution in [2.75, 3.05) is 0 Å². The van der Waals surface area contributed by atoms with Gasteiger partial charge in [-0.05, 0) is 18.9 Å². The molecule has 1 saturated carbocycles. The Hall–Kier alpha value is -1.90. The van der Waals surface area contributed by atoms with Crippen molar-refractivity contribution in [3.63, 3.8) is 0 Å². The molecule has 3 aromatic rings. The first kappa shape index (κ1) is 11.9. The van der Waals surface area contributed by atoms with Crippen molar-refractivity contribution in [2.45, 2.75) is 38.0 Å². The van der Waals surface area contributed by atoms with E-state index in [9.17, 15) is 0 Å². The number of aryl methyl sites for hydroxylation is 1. The molecule has 2 heterocycles. The summed E-state index contributed by atoms with van der Waals surface area (Å²) in [6.45, 7) is 0. The van der Waals surface area contributed by atoms with Gasteiger partial charge in [-0.2, -0.15) is 0 Å². The second-order valence-electron chi connectivity index (χ2n) is 5.87. The van der Waals surface area contributed by atoms with Gasteiger partial charge in [-0.25, -0.2) is 4.98 Å². The van der Waals surface area contributed by atoms with Crippen LogP contribution in [0.1, 0.15) is 43.8 Å². The van der Waals surface area contributed by atoms with Gasteiger partial charge < -0.3 is 4.57 Å². The summed E-state index contributed by atoms with van der Waals surface area (Å²) < 4.78 is 2.25. The van der Waals surface area contributed by atoms with Crippen molar-refractivity contribution in [2.24, 2.45) is 7.05 Å². The van der Waals surface area contributed by atoms with Gasteiger partial charge in [0.25, 0.3) is 0 Å². The van der Waals surface area contributed by atoms with Gasteiger partial charge in [0, 0.05) is 18.4 Å². The van der Waals surface area contributed by atoms with Gasteiger partial charge in [-0.15, -0.1) is 0 Å². The summed E-state index contributed by atoms with van der Waals surface area (Å²) >= 11 is 0. The number of nitrogens with zero attached hydrogens (tertiary/aromatic N) is 3. The third kappa shape index (κ3) is 1.73. The zero-order chi connectivity index (χ0) is 13.5. The second kappa shape index (κ2) is 4.58. The summed E-state index contributed by atoms with van der Waals surface area (Å²) in [5.41, 5.74) is 3.30. The molecule has 0 aliphatic heterocycles. The van der Waals surface area contributed by atoms with Gasteiger partial charge in [-0.3, -0.25) is 4.98 Å². The lowest BCUT2D eigenvalue weighted by Crippen LogP contribution is -2.10. The SMILES string of the molecule is Cn1c(C2CCCCC2)nc2c3ccccc3ncc21. The third-order valence-electron chi connectivity index (χ3n) is 4.63. The lowest BCUT2D eigenvalue weighted by atomic mass is 9.89. The summed E-state index contributed by atoms with van der Waals surface area (Å²) in [7, 11) is 2.13. The highest BCUT2D eigenvalue weighted by atomic mass is 15.1. The molecule has 0 N–H and O–H groups in total. The number of imidazole rings is 1. The van der Waals surface area contributed by atoms with Crippen molar-refractivity contribution in [1.82, 2.24) is 14.5 Å². The van der Waals surface area contributed by atoms with Crippen LogP contribution < -0.4 is 0 Å². The predicted molar refractivity (Wildman–Crippen MR) is 81.8 cm³/mol. The van der Waals surface area contributed by atoms with E-state index in [1.165, 1.54) is 43.3 Å². The summed E-state index contributed by atoms with van der Waals surface area (Å²) in [5, 5.41) is 1.17. The molecule has 0 atom stereocenters. The van der Waals surface area contributed by atoms with Crippen molar-refractivity contribution in [1.29, 1.82) is 0 Å². The van der Waals surface area contributed by atoms with Gasteiger partial charge in [0.2, 0.25) is 0 Å². The Labute approximate surface area is 118 Å². The fraction of sp³-hybridized carbons (Fsp3) is 0.412. The number of hydrogen-bond donors (Lipinski definition) is 0. The maximum atomic E-state index is 4.99. The molecule has 3 heteroatoms. The molecular formula is C17H19N3. The maximum Gasteiger partial charge on any atom is 0.112 e. The van der Waals surface area contributed by atoms with Crippen LogP contribution in [0.15, 0.2) is 30.5 Å². The van der Waals surface area contributed by atoms with E-state index >= 15 is 0 Å².